The van der Waals surface area contributed by atoms with Crippen LogP contribution in [0.1, 0.15) is 5.56 Å². The van der Waals surface area contributed by atoms with Gasteiger partial charge in [0.15, 0.2) is 0 Å². The number of methoxy groups -OCH3 is 1. The van der Waals surface area contributed by atoms with Crippen LogP contribution in [0.2, 0.25) is 0 Å². The van der Waals surface area contributed by atoms with Gasteiger partial charge in [-0.05, 0) is 42.0 Å². The van der Waals surface area contributed by atoms with E-state index in [2.05, 4.69) is 4.90 Å². The highest BCUT2D eigenvalue weighted by Gasteiger charge is 2.30. The molecule has 0 bridgehead atoms. The summed E-state index contributed by atoms with van der Waals surface area (Å²) in [5.41, 5.74) is 1.55. The Balaban J connectivity index is 1.43. The molecule has 2 aromatic rings. The molecule has 0 saturated carbocycles. The van der Waals surface area contributed by atoms with Crippen LogP contribution in [0.3, 0.4) is 0 Å². The van der Waals surface area contributed by atoms with Crippen LogP contribution < -0.4 is 9.64 Å². The molecule has 2 fully saturated rings. The second-order valence-electron chi connectivity index (χ2n) is 8.02. The van der Waals surface area contributed by atoms with Crippen LogP contribution in [0, 0.1) is 5.82 Å². The van der Waals surface area contributed by atoms with Gasteiger partial charge in [-0.2, -0.15) is 4.31 Å². The number of morpholine rings is 1. The van der Waals surface area contributed by atoms with E-state index in [0.29, 0.717) is 45.0 Å². The summed E-state index contributed by atoms with van der Waals surface area (Å²) in [4.78, 5) is 16.9. The molecule has 33 heavy (non-hydrogen) atoms. The Hall–Kier alpha value is -2.69. The van der Waals surface area contributed by atoms with Crippen molar-refractivity contribution in [3.05, 3.63) is 53.8 Å². The third kappa shape index (κ3) is 5.29. The molecule has 0 aliphatic carbocycles. The van der Waals surface area contributed by atoms with E-state index in [1.807, 2.05) is 0 Å². The minimum atomic E-state index is -3.76. The van der Waals surface area contributed by atoms with Gasteiger partial charge in [0.25, 0.3) is 0 Å². The first kappa shape index (κ1) is 23.5. The van der Waals surface area contributed by atoms with E-state index in [0.717, 1.165) is 5.69 Å². The molecule has 2 aliphatic rings. The highest BCUT2D eigenvalue weighted by molar-refractivity contribution is 7.89. The average Bonchev–Trinajstić information content (AvgIpc) is 2.85. The number of anilines is 1. The predicted octanol–water partition coefficient (Wildman–Crippen LogP) is 1.75. The normalized spacial score (nSPS) is 17.8. The first-order chi connectivity index (χ1) is 15.9. The molecule has 2 aliphatic heterocycles. The predicted molar refractivity (Wildman–Crippen MR) is 121 cm³/mol. The van der Waals surface area contributed by atoms with Gasteiger partial charge in [-0.3, -0.25) is 4.79 Å². The van der Waals surface area contributed by atoms with Crippen molar-refractivity contribution >= 4 is 21.6 Å². The van der Waals surface area contributed by atoms with Crippen LogP contribution in [0.15, 0.2) is 47.4 Å². The Labute approximate surface area is 193 Å². The largest absolute Gasteiger partial charge is 0.495 e. The molecular weight excluding hydrogens is 449 g/mol. The van der Waals surface area contributed by atoms with E-state index in [4.69, 9.17) is 9.47 Å². The summed E-state index contributed by atoms with van der Waals surface area (Å²) in [5, 5.41) is 0. The Morgan fingerprint density at radius 2 is 1.67 bits per heavy atom. The lowest BCUT2D eigenvalue weighted by atomic mass is 10.1. The topological polar surface area (TPSA) is 79.4 Å². The zero-order valence-electron chi connectivity index (χ0n) is 18.6. The summed E-state index contributed by atoms with van der Waals surface area (Å²) in [5.74, 6) is -0.0821. The van der Waals surface area contributed by atoms with Crippen LogP contribution in [0.4, 0.5) is 10.1 Å². The highest BCUT2D eigenvalue weighted by atomic mass is 32.2. The number of amides is 1. The summed E-state index contributed by atoms with van der Waals surface area (Å²) in [6, 6.07) is 11.2. The fraction of sp³-hybridized carbons (Fsp3) is 0.435. The van der Waals surface area contributed by atoms with E-state index in [1.54, 1.807) is 29.2 Å². The number of hydrogen-bond donors (Lipinski definition) is 0. The summed E-state index contributed by atoms with van der Waals surface area (Å²) in [6.45, 7) is 3.66. The Kier molecular flexibility index (Phi) is 7.16. The van der Waals surface area contributed by atoms with E-state index in [-0.39, 0.29) is 41.9 Å². The zero-order valence-corrected chi connectivity index (χ0v) is 19.4. The molecule has 178 valence electrons. The number of rotatable bonds is 6. The number of benzene rings is 2. The Morgan fingerprint density at radius 1 is 1.00 bits per heavy atom. The highest BCUT2D eigenvalue weighted by Crippen LogP contribution is 2.29. The van der Waals surface area contributed by atoms with Crippen molar-refractivity contribution in [3.63, 3.8) is 0 Å². The van der Waals surface area contributed by atoms with Gasteiger partial charge in [0.1, 0.15) is 16.5 Å². The lowest BCUT2D eigenvalue weighted by molar-refractivity contribution is -0.130. The number of hydrogen-bond acceptors (Lipinski definition) is 6. The van der Waals surface area contributed by atoms with Crippen molar-refractivity contribution in [2.24, 2.45) is 0 Å². The molecule has 0 aromatic heterocycles. The maximum absolute atomic E-state index is 13.2. The van der Waals surface area contributed by atoms with Crippen molar-refractivity contribution in [3.8, 4) is 5.75 Å². The van der Waals surface area contributed by atoms with Gasteiger partial charge >= 0.3 is 0 Å². The van der Waals surface area contributed by atoms with Crippen molar-refractivity contribution < 1.29 is 27.1 Å². The third-order valence-corrected chi connectivity index (χ3v) is 7.92. The smallest absolute Gasteiger partial charge is 0.246 e. The number of halogens is 1. The molecule has 0 radical (unpaired) electrons. The van der Waals surface area contributed by atoms with Crippen LogP contribution in [-0.2, 0) is 26.0 Å². The van der Waals surface area contributed by atoms with Crippen molar-refractivity contribution in [2.45, 2.75) is 11.3 Å². The molecule has 2 heterocycles. The second kappa shape index (κ2) is 10.1. The van der Waals surface area contributed by atoms with E-state index < -0.39 is 10.0 Å². The number of sulfonamides is 1. The SMILES string of the molecule is COc1ccc(CC(=O)N2CCN(c3ccc(F)cc3)CC2)cc1S(=O)(=O)N1CCOCC1. The number of ether oxygens (including phenoxy) is 2. The first-order valence-corrected chi connectivity index (χ1v) is 12.4. The van der Waals surface area contributed by atoms with Crippen molar-refractivity contribution in [1.29, 1.82) is 0 Å². The fourth-order valence-corrected chi connectivity index (χ4v) is 5.72. The second-order valence-corrected chi connectivity index (χ2v) is 9.93. The maximum Gasteiger partial charge on any atom is 0.246 e. The maximum atomic E-state index is 13.2. The minimum Gasteiger partial charge on any atom is -0.495 e. The van der Waals surface area contributed by atoms with Gasteiger partial charge in [-0.15, -0.1) is 0 Å². The molecule has 0 spiro atoms. The molecule has 0 unspecified atom stereocenters. The molecule has 10 heteroatoms. The lowest BCUT2D eigenvalue weighted by Crippen LogP contribution is -2.49. The van der Waals surface area contributed by atoms with Gasteiger partial charge in [0.05, 0.1) is 26.7 Å². The molecule has 2 aromatic carbocycles. The monoisotopic (exact) mass is 477 g/mol. The first-order valence-electron chi connectivity index (χ1n) is 10.9. The van der Waals surface area contributed by atoms with Gasteiger partial charge in [-0.1, -0.05) is 6.07 Å². The standard InChI is InChI=1S/C23H28FN3O5S/c1-31-21-7-2-18(16-22(21)33(29,30)27-12-14-32-15-13-27)17-23(28)26-10-8-25(9-11-26)20-5-3-19(24)4-6-20/h2-7,16H,8-15,17H2,1H3. The number of piperazine rings is 1. The number of nitrogens with zero attached hydrogens (tertiary/aromatic N) is 3. The summed E-state index contributed by atoms with van der Waals surface area (Å²) in [6.07, 6.45) is 0.103. The molecule has 8 nitrogen and oxygen atoms in total. The molecule has 4 rings (SSSR count). The summed E-state index contributed by atoms with van der Waals surface area (Å²) in [7, 11) is -2.33. The summed E-state index contributed by atoms with van der Waals surface area (Å²) < 4.78 is 51.4. The summed E-state index contributed by atoms with van der Waals surface area (Å²) >= 11 is 0. The zero-order chi connectivity index (χ0) is 23.4. The van der Waals surface area contributed by atoms with Gasteiger partial charge in [0.2, 0.25) is 15.9 Å². The van der Waals surface area contributed by atoms with Crippen LogP contribution in [0.5, 0.6) is 5.75 Å². The fourth-order valence-electron chi connectivity index (χ4n) is 4.11. The van der Waals surface area contributed by atoms with Gasteiger partial charge in [-0.25, -0.2) is 12.8 Å². The molecule has 1 amide bonds. The van der Waals surface area contributed by atoms with Crippen LogP contribution >= 0.6 is 0 Å². The average molecular weight is 478 g/mol. The molecule has 0 atom stereocenters. The van der Waals surface area contributed by atoms with Gasteiger partial charge < -0.3 is 19.3 Å². The molecular formula is C23H28FN3O5S. The van der Waals surface area contributed by atoms with Crippen LogP contribution in [-0.4, -0.2) is 83.1 Å². The third-order valence-electron chi connectivity index (χ3n) is 6.00. The van der Waals surface area contributed by atoms with Crippen molar-refractivity contribution in [1.82, 2.24) is 9.21 Å². The van der Waals surface area contributed by atoms with Crippen molar-refractivity contribution in [2.75, 3.05) is 64.5 Å². The van der Waals surface area contributed by atoms with Crippen LogP contribution in [0.25, 0.3) is 0 Å². The number of carbonyl (C=O) groups excluding carboxylic acids is 1. The van der Waals surface area contributed by atoms with Gasteiger partial charge in [0, 0.05) is 45.0 Å². The van der Waals surface area contributed by atoms with E-state index in [1.165, 1.54) is 29.6 Å². The minimum absolute atomic E-state index is 0.0614. The molecule has 0 N–H and O–H groups in total. The molecule has 2 saturated heterocycles. The number of carbonyl (C=O) groups is 1. The van der Waals surface area contributed by atoms with E-state index in [9.17, 15) is 17.6 Å². The Morgan fingerprint density at radius 3 is 2.30 bits per heavy atom. The van der Waals surface area contributed by atoms with E-state index >= 15 is 0 Å². The quantitative estimate of drug-likeness (QED) is 0.631. The Bertz CT molecular complexity index is 1080. The lowest BCUT2D eigenvalue weighted by Gasteiger charge is -2.36.